The maximum atomic E-state index is 2.28. The summed E-state index contributed by atoms with van der Waals surface area (Å²) in [4.78, 5) is 0. The van der Waals surface area contributed by atoms with Crippen molar-refractivity contribution >= 4 is 50.9 Å². The normalized spacial score (nSPS) is 12.9. The van der Waals surface area contributed by atoms with Gasteiger partial charge < -0.3 is 0 Å². The Bertz CT molecular complexity index is 176. The first-order chi connectivity index (χ1) is 4.84. The zero-order chi connectivity index (χ0) is 7.40. The molecule has 13 heavy (non-hydrogen) atoms. The van der Waals surface area contributed by atoms with Crippen LogP contribution >= 0.6 is 50.9 Å². The fourth-order valence-electron chi connectivity index (χ4n) is 1.15. The first kappa shape index (κ1) is 20.1. The molecule has 0 radical (unpaired) electrons. The molecule has 0 aliphatic heterocycles. The van der Waals surface area contributed by atoms with Crippen LogP contribution in [0, 0.1) is 0 Å². The van der Waals surface area contributed by atoms with Crippen LogP contribution in [0.15, 0.2) is 21.6 Å². The number of halogens is 3. The molecule has 0 N–H and O–H groups in total. The van der Waals surface area contributed by atoms with Crippen LogP contribution < -0.4 is 0 Å². The van der Waals surface area contributed by atoms with E-state index in [-0.39, 0.29) is 50.9 Å². The summed E-state index contributed by atoms with van der Waals surface area (Å²) < 4.78 is 1.58. The molecule has 0 nitrogen and oxygen atoms in total. The van der Waals surface area contributed by atoms with Crippen molar-refractivity contribution in [2.45, 2.75) is 32.6 Å². The minimum atomic E-state index is 0. The minimum absolute atomic E-state index is 0. The molecule has 0 unspecified atom stereocenters. The van der Waals surface area contributed by atoms with Crippen molar-refractivity contribution < 1.29 is 20.4 Å². The Morgan fingerprint density at radius 2 is 1.92 bits per heavy atom. The summed E-state index contributed by atoms with van der Waals surface area (Å²) in [6.45, 7) is 2.24. The summed E-state index contributed by atoms with van der Waals surface area (Å²) >= 11 is 2.24. The summed E-state index contributed by atoms with van der Waals surface area (Å²) in [7, 11) is 0. The van der Waals surface area contributed by atoms with E-state index < -0.39 is 0 Å². The van der Waals surface area contributed by atoms with Gasteiger partial charge in [-0.3, -0.25) is 0 Å². The van der Waals surface area contributed by atoms with Crippen LogP contribution in [0.4, 0.5) is 0 Å². The van der Waals surface area contributed by atoms with Crippen LogP contribution in [-0.2, 0) is 20.4 Å². The molecule has 0 spiro atoms. The van der Waals surface area contributed by atoms with Crippen LogP contribution in [0.2, 0.25) is 0 Å². The second-order valence-electron chi connectivity index (χ2n) is 2.71. The fraction of sp³-hybridized carbons (Fsp3) is 0.556. The van der Waals surface area contributed by atoms with E-state index >= 15 is 0 Å². The van der Waals surface area contributed by atoms with Gasteiger partial charge in [0.05, 0.1) is 0 Å². The fourth-order valence-corrected chi connectivity index (χ4v) is 1.66. The van der Waals surface area contributed by atoms with Gasteiger partial charge in [0.15, 0.2) is 0 Å². The van der Waals surface area contributed by atoms with E-state index in [0.717, 1.165) is 0 Å². The van der Waals surface area contributed by atoms with E-state index in [0.29, 0.717) is 0 Å². The molecule has 0 aromatic heterocycles. The van der Waals surface area contributed by atoms with Crippen molar-refractivity contribution in [3.05, 3.63) is 21.6 Å². The Labute approximate surface area is 124 Å². The van der Waals surface area contributed by atoms with Crippen LogP contribution in [0.1, 0.15) is 32.6 Å². The molecule has 0 saturated carbocycles. The van der Waals surface area contributed by atoms with Crippen molar-refractivity contribution in [3.63, 3.8) is 0 Å². The van der Waals surface area contributed by atoms with E-state index in [4.69, 9.17) is 0 Å². The first-order valence-electron chi connectivity index (χ1n) is 3.94. The predicted molar refractivity (Wildman–Crippen MR) is 71.3 cm³/mol. The number of unbranched alkanes of at least 4 members (excludes halogenated alkanes) is 1. The van der Waals surface area contributed by atoms with Gasteiger partial charge in [0.2, 0.25) is 0 Å². The summed E-state index contributed by atoms with van der Waals surface area (Å²) in [6, 6.07) is 0. The van der Waals surface area contributed by atoms with E-state index in [1.165, 1.54) is 25.7 Å². The Hall–Kier alpha value is 1.63. The molecule has 0 aromatic rings. The standard InChI is InChI=1S/C9H13.3BrH.Ti/c1-2-3-6-9-7-4-5-8-9;;;;/h4,7H,2-3,5-6H2,1H3;3*1H;. The van der Waals surface area contributed by atoms with Gasteiger partial charge in [-0.25, -0.2) is 0 Å². The van der Waals surface area contributed by atoms with Crippen molar-refractivity contribution in [1.82, 2.24) is 0 Å². The van der Waals surface area contributed by atoms with E-state index in [2.05, 4.69) is 39.5 Å². The number of hydrogen-bond acceptors (Lipinski definition) is 0. The topological polar surface area (TPSA) is 0 Å². The average Bonchev–Trinajstić information content (AvgIpc) is 2.31. The number of rotatable bonds is 3. The van der Waals surface area contributed by atoms with Crippen molar-refractivity contribution in [1.29, 1.82) is 0 Å². The Morgan fingerprint density at radius 3 is 2.31 bits per heavy atom. The molecule has 0 bridgehead atoms. The van der Waals surface area contributed by atoms with Crippen molar-refractivity contribution in [3.8, 4) is 0 Å². The third-order valence-electron chi connectivity index (χ3n) is 1.83. The van der Waals surface area contributed by atoms with Crippen LogP contribution in [0.5, 0.6) is 0 Å². The summed E-state index contributed by atoms with van der Waals surface area (Å²) in [6.07, 6.45) is 9.69. The zero-order valence-electron chi connectivity index (χ0n) is 7.71. The van der Waals surface area contributed by atoms with Gasteiger partial charge in [-0.05, 0) is 0 Å². The first-order valence-corrected chi connectivity index (χ1v) is 4.73. The van der Waals surface area contributed by atoms with Crippen LogP contribution in [0.3, 0.4) is 0 Å². The molecule has 1 aliphatic rings. The van der Waals surface area contributed by atoms with Gasteiger partial charge in [-0.1, -0.05) is 0 Å². The molecular formula is C9H16Br3Ti. The molecule has 0 fully saturated rings. The second-order valence-corrected chi connectivity index (χ2v) is 3.66. The van der Waals surface area contributed by atoms with E-state index in [9.17, 15) is 0 Å². The summed E-state index contributed by atoms with van der Waals surface area (Å²) in [5, 5.41) is 0. The number of hydrogen-bond donors (Lipinski definition) is 0. The molecule has 0 atom stereocenters. The monoisotopic (exact) mass is 409 g/mol. The molecule has 0 saturated heterocycles. The second kappa shape index (κ2) is 11.7. The molecule has 1 aliphatic carbocycles. The summed E-state index contributed by atoms with van der Waals surface area (Å²) in [5.41, 5.74) is 1.59. The molecule has 77 valence electrons. The molecule has 0 amide bonds. The van der Waals surface area contributed by atoms with Gasteiger partial charge in [0.1, 0.15) is 0 Å². The molecule has 0 heterocycles. The molecule has 1 rings (SSSR count). The SMILES string of the molecule is Br.Br.Br.CCCCC1=[C]([Ti])CC=C1. The Morgan fingerprint density at radius 1 is 1.31 bits per heavy atom. The van der Waals surface area contributed by atoms with Crippen LogP contribution in [0.25, 0.3) is 0 Å². The van der Waals surface area contributed by atoms with Crippen molar-refractivity contribution in [2.75, 3.05) is 0 Å². The molecule has 4 heteroatoms. The Kier molecular flexibility index (Phi) is 18.1. The maximum absolute atomic E-state index is 2.28. The third-order valence-corrected chi connectivity index (χ3v) is 2.65. The molecule has 0 aromatic carbocycles. The third kappa shape index (κ3) is 7.55. The van der Waals surface area contributed by atoms with E-state index in [1.54, 1.807) is 9.45 Å². The van der Waals surface area contributed by atoms with E-state index in [1.807, 2.05) is 0 Å². The van der Waals surface area contributed by atoms with Gasteiger partial charge in [-0.2, -0.15) is 0 Å². The van der Waals surface area contributed by atoms with Gasteiger partial charge in [-0.15, -0.1) is 50.9 Å². The Balaban J connectivity index is -0.000000333. The van der Waals surface area contributed by atoms with Gasteiger partial charge >= 0.3 is 74.6 Å². The zero-order valence-corrected chi connectivity index (χ0v) is 14.4. The van der Waals surface area contributed by atoms with Crippen LogP contribution in [-0.4, -0.2) is 0 Å². The quantitative estimate of drug-likeness (QED) is 0.592. The molecular weight excluding hydrogens is 396 g/mol. The summed E-state index contributed by atoms with van der Waals surface area (Å²) in [5.74, 6) is 0. The van der Waals surface area contributed by atoms with Gasteiger partial charge in [0, 0.05) is 0 Å². The van der Waals surface area contributed by atoms with Gasteiger partial charge in [0.25, 0.3) is 0 Å². The predicted octanol–water partition coefficient (Wildman–Crippen LogP) is 4.67. The van der Waals surface area contributed by atoms with Crippen molar-refractivity contribution in [2.24, 2.45) is 0 Å². The number of allylic oxidation sites excluding steroid dienone is 4. The average molecular weight is 412 g/mol.